The number of nitrogens with two attached hydrogens (primary N) is 1. The van der Waals surface area contributed by atoms with E-state index in [0.29, 0.717) is 11.1 Å². The van der Waals surface area contributed by atoms with Crippen molar-refractivity contribution in [2.45, 2.75) is 43.9 Å². The number of benzene rings is 1. The van der Waals surface area contributed by atoms with E-state index in [2.05, 4.69) is 0 Å². The van der Waals surface area contributed by atoms with E-state index in [1.165, 1.54) is 6.42 Å². The zero-order valence-electron chi connectivity index (χ0n) is 11.0. The smallest absolute Gasteiger partial charge is 0.166 e. The van der Waals surface area contributed by atoms with Gasteiger partial charge in [0.2, 0.25) is 0 Å². The fourth-order valence-electron chi connectivity index (χ4n) is 2.81. The maximum absolute atomic E-state index is 10.6. The Kier molecular flexibility index (Phi) is 4.34. The van der Waals surface area contributed by atoms with Crippen molar-refractivity contribution in [3.63, 3.8) is 0 Å². The van der Waals surface area contributed by atoms with Gasteiger partial charge in [-0.05, 0) is 18.8 Å². The minimum atomic E-state index is -1.76. The van der Waals surface area contributed by atoms with Crippen LogP contribution in [0, 0.1) is 5.92 Å². The van der Waals surface area contributed by atoms with Crippen molar-refractivity contribution in [1.82, 2.24) is 0 Å². The van der Waals surface area contributed by atoms with Crippen LogP contribution in [-0.2, 0) is 5.72 Å². The number of aliphatic hydroxyl groups is 2. The maximum atomic E-state index is 10.6. The summed E-state index contributed by atoms with van der Waals surface area (Å²) in [5.41, 5.74) is 5.12. The number of hydrogen-bond donors (Lipinski definition) is 3. The Morgan fingerprint density at radius 1 is 1.21 bits per heavy atom. The molecule has 4 heteroatoms. The first-order valence-corrected chi connectivity index (χ1v) is 6.80. The Morgan fingerprint density at radius 3 is 2.32 bits per heavy atom. The number of carbonyl (C=O) groups is 1. The van der Waals surface area contributed by atoms with Crippen LogP contribution in [0.25, 0.3) is 0 Å². The van der Waals surface area contributed by atoms with Gasteiger partial charge in [0, 0.05) is 11.1 Å². The average Bonchev–Trinajstić information content (AvgIpc) is 2.47. The molecule has 0 aliphatic heterocycles. The van der Waals surface area contributed by atoms with Crippen molar-refractivity contribution in [1.29, 1.82) is 0 Å². The molecule has 0 heterocycles. The lowest BCUT2D eigenvalue weighted by Crippen LogP contribution is -2.51. The summed E-state index contributed by atoms with van der Waals surface area (Å²) < 4.78 is 0. The Hall–Kier alpha value is -1.23. The number of carbonyl (C=O) groups excluding carboxylic acids is 1. The lowest BCUT2D eigenvalue weighted by molar-refractivity contribution is -0.109. The van der Waals surface area contributed by atoms with Gasteiger partial charge in [0.05, 0.1) is 0 Å². The van der Waals surface area contributed by atoms with Crippen molar-refractivity contribution < 1.29 is 15.0 Å². The summed E-state index contributed by atoms with van der Waals surface area (Å²) in [6.45, 7) is 0. The number of aldehydes is 1. The third-order valence-electron chi connectivity index (χ3n) is 4.06. The molecule has 1 aliphatic carbocycles. The Morgan fingerprint density at radius 2 is 1.79 bits per heavy atom. The second-order valence-electron chi connectivity index (χ2n) is 5.41. The summed E-state index contributed by atoms with van der Waals surface area (Å²) in [5, 5.41) is 20.7. The first-order chi connectivity index (χ1) is 9.05. The summed E-state index contributed by atoms with van der Waals surface area (Å²) in [6, 6.07) is 6.37. The molecule has 19 heavy (non-hydrogen) atoms. The van der Waals surface area contributed by atoms with Gasteiger partial charge < -0.3 is 10.2 Å². The van der Waals surface area contributed by atoms with Crippen LogP contribution in [0.1, 0.15) is 48.0 Å². The second-order valence-corrected chi connectivity index (χ2v) is 5.41. The molecule has 1 aliphatic rings. The van der Waals surface area contributed by atoms with Crippen LogP contribution in [0.3, 0.4) is 0 Å². The van der Waals surface area contributed by atoms with Crippen LogP contribution in [0.15, 0.2) is 24.3 Å². The van der Waals surface area contributed by atoms with E-state index >= 15 is 0 Å². The van der Waals surface area contributed by atoms with Gasteiger partial charge in [-0.1, -0.05) is 43.5 Å². The molecule has 2 atom stereocenters. The molecular weight excluding hydrogens is 242 g/mol. The van der Waals surface area contributed by atoms with Gasteiger partial charge in [-0.15, -0.1) is 0 Å². The summed E-state index contributed by atoms with van der Waals surface area (Å²) in [5.74, 6) is 0.0366. The molecule has 1 aromatic rings. The molecule has 0 spiro atoms. The van der Waals surface area contributed by atoms with E-state index in [1.807, 2.05) is 0 Å². The van der Waals surface area contributed by atoms with Crippen molar-refractivity contribution in [3.05, 3.63) is 35.4 Å². The normalized spacial score (nSPS) is 21.6. The van der Waals surface area contributed by atoms with Gasteiger partial charge in [0.25, 0.3) is 0 Å². The molecule has 1 fully saturated rings. The SMILES string of the molecule is N[C@](O)(c1ccc(C=O)cc1)[C@@H](O)C1CCCCC1. The molecule has 2 rings (SSSR count). The highest BCUT2D eigenvalue weighted by Gasteiger charge is 2.38. The lowest BCUT2D eigenvalue weighted by Gasteiger charge is -2.36. The quantitative estimate of drug-likeness (QED) is 0.568. The van der Waals surface area contributed by atoms with E-state index in [1.54, 1.807) is 24.3 Å². The first-order valence-electron chi connectivity index (χ1n) is 6.80. The third kappa shape index (κ3) is 3.03. The molecule has 0 aromatic heterocycles. The Labute approximate surface area is 113 Å². The standard InChI is InChI=1S/C15H21NO3/c16-15(19,13-8-6-11(10-17)7-9-13)14(18)12-4-2-1-3-5-12/h6-10,12,14,18-19H,1-5,16H2/t14-,15-/m0/s1. The van der Waals surface area contributed by atoms with Gasteiger partial charge in [-0.2, -0.15) is 0 Å². The monoisotopic (exact) mass is 263 g/mol. The van der Waals surface area contributed by atoms with Gasteiger partial charge in [-0.3, -0.25) is 10.5 Å². The van der Waals surface area contributed by atoms with E-state index < -0.39 is 11.8 Å². The fourth-order valence-corrected chi connectivity index (χ4v) is 2.81. The van der Waals surface area contributed by atoms with E-state index in [0.717, 1.165) is 32.0 Å². The van der Waals surface area contributed by atoms with E-state index in [9.17, 15) is 15.0 Å². The second kappa shape index (κ2) is 5.82. The molecule has 0 saturated heterocycles. The highest BCUT2D eigenvalue weighted by molar-refractivity contribution is 5.74. The van der Waals surface area contributed by atoms with Gasteiger partial charge >= 0.3 is 0 Å². The molecule has 4 nitrogen and oxygen atoms in total. The van der Waals surface area contributed by atoms with Crippen LogP contribution in [-0.4, -0.2) is 22.6 Å². The summed E-state index contributed by atoms with van der Waals surface area (Å²) >= 11 is 0. The molecule has 4 N–H and O–H groups in total. The molecule has 104 valence electrons. The molecule has 1 saturated carbocycles. The molecular formula is C15H21NO3. The van der Waals surface area contributed by atoms with Gasteiger partial charge in [0.1, 0.15) is 12.4 Å². The van der Waals surface area contributed by atoms with Crippen molar-refractivity contribution in [2.24, 2.45) is 11.7 Å². The van der Waals surface area contributed by atoms with Crippen LogP contribution < -0.4 is 5.73 Å². The molecule has 0 unspecified atom stereocenters. The summed E-state index contributed by atoms with van der Waals surface area (Å²) in [4.78, 5) is 10.6. The summed E-state index contributed by atoms with van der Waals surface area (Å²) in [7, 11) is 0. The van der Waals surface area contributed by atoms with Crippen molar-refractivity contribution in [2.75, 3.05) is 0 Å². The zero-order valence-corrected chi connectivity index (χ0v) is 11.0. The molecule has 0 amide bonds. The predicted molar refractivity (Wildman–Crippen MR) is 72.5 cm³/mol. The number of rotatable bonds is 4. The average molecular weight is 263 g/mol. The maximum Gasteiger partial charge on any atom is 0.166 e. The van der Waals surface area contributed by atoms with Crippen molar-refractivity contribution in [3.8, 4) is 0 Å². The molecule has 0 radical (unpaired) electrons. The number of hydrogen-bond acceptors (Lipinski definition) is 4. The van der Waals surface area contributed by atoms with Crippen LogP contribution in [0.2, 0.25) is 0 Å². The first kappa shape index (κ1) is 14.2. The minimum absolute atomic E-state index is 0.0366. The van der Waals surface area contributed by atoms with E-state index in [4.69, 9.17) is 5.73 Å². The highest BCUT2D eigenvalue weighted by atomic mass is 16.4. The summed E-state index contributed by atoms with van der Waals surface area (Å²) in [6.07, 6.45) is 4.87. The topological polar surface area (TPSA) is 83.5 Å². The van der Waals surface area contributed by atoms with Gasteiger partial charge in [0.15, 0.2) is 5.72 Å². The van der Waals surface area contributed by atoms with Crippen molar-refractivity contribution >= 4 is 6.29 Å². The molecule has 1 aromatic carbocycles. The van der Waals surface area contributed by atoms with E-state index in [-0.39, 0.29) is 5.92 Å². The number of aliphatic hydroxyl groups excluding tert-OH is 1. The van der Waals surface area contributed by atoms with Crippen LogP contribution >= 0.6 is 0 Å². The lowest BCUT2D eigenvalue weighted by atomic mass is 9.79. The zero-order chi connectivity index (χ0) is 13.9. The highest BCUT2D eigenvalue weighted by Crippen LogP contribution is 2.33. The predicted octanol–water partition coefficient (Wildman–Crippen LogP) is 1.54. The minimum Gasteiger partial charge on any atom is -0.388 e. The molecule has 0 bridgehead atoms. The van der Waals surface area contributed by atoms with Crippen LogP contribution in [0.4, 0.5) is 0 Å². The van der Waals surface area contributed by atoms with Crippen LogP contribution in [0.5, 0.6) is 0 Å². The largest absolute Gasteiger partial charge is 0.388 e. The Balaban J connectivity index is 2.16. The Bertz CT molecular complexity index is 422. The van der Waals surface area contributed by atoms with Gasteiger partial charge in [-0.25, -0.2) is 0 Å². The third-order valence-corrected chi connectivity index (χ3v) is 4.06. The fraction of sp³-hybridized carbons (Fsp3) is 0.533.